The Balaban J connectivity index is 1.23. The van der Waals surface area contributed by atoms with Crippen LogP contribution < -0.4 is 11.1 Å². The van der Waals surface area contributed by atoms with Crippen LogP contribution in [-0.4, -0.2) is 118 Å². The summed E-state index contributed by atoms with van der Waals surface area (Å²) >= 11 is 6.54. The molecule has 13 nitrogen and oxygen atoms in total. The molecule has 3 amide bonds. The second kappa shape index (κ2) is 16.5. The Kier molecular flexibility index (Phi) is 12.3. The third kappa shape index (κ3) is 8.28. The number of hydrogen-bond donors (Lipinski definition) is 2. The van der Waals surface area contributed by atoms with Gasteiger partial charge in [-0.2, -0.15) is 5.10 Å². The van der Waals surface area contributed by atoms with Gasteiger partial charge >= 0.3 is 0 Å². The number of piperazine rings is 1. The van der Waals surface area contributed by atoms with Gasteiger partial charge in [0.2, 0.25) is 5.91 Å². The van der Waals surface area contributed by atoms with E-state index in [1.165, 1.54) is 48.3 Å². The first-order chi connectivity index (χ1) is 25.2. The lowest BCUT2D eigenvalue weighted by Gasteiger charge is -2.39. The lowest BCUT2D eigenvalue weighted by Crippen LogP contribution is -2.60. The zero-order valence-corrected chi connectivity index (χ0v) is 31.6. The standard InChI is InChI=1S/C37H46ClF2N9O4/c1-7-37(41,12-13-45(3)4)36(52)48-16-14-47(15-17-48)35(51)26-9-8-24(20-29(26)38)44-34(50)33-42-22-30(46(33)5)27-11-10-25(31(39)32(27)40)28-21-43-49(23(28)2)18-19-53-6/h8-11,20-22H,7,12-19,41H2,1-6H3,(H,44,50). The van der Waals surface area contributed by atoms with Crippen LogP contribution in [0.25, 0.3) is 22.4 Å². The molecule has 284 valence electrons. The number of rotatable bonds is 13. The summed E-state index contributed by atoms with van der Waals surface area (Å²) in [7, 11) is 6.97. The van der Waals surface area contributed by atoms with Crippen molar-refractivity contribution in [2.75, 3.05) is 65.9 Å². The molecule has 16 heteroatoms. The van der Waals surface area contributed by atoms with Gasteiger partial charge in [0, 0.05) is 68.4 Å². The Morgan fingerprint density at radius 1 is 1.02 bits per heavy atom. The predicted octanol–water partition coefficient (Wildman–Crippen LogP) is 4.43. The molecule has 1 fully saturated rings. The average Bonchev–Trinajstić information content (AvgIpc) is 3.71. The van der Waals surface area contributed by atoms with E-state index in [9.17, 15) is 14.4 Å². The van der Waals surface area contributed by atoms with E-state index in [1.807, 2.05) is 25.9 Å². The van der Waals surface area contributed by atoms with Crippen LogP contribution in [0.5, 0.6) is 0 Å². The summed E-state index contributed by atoms with van der Waals surface area (Å²) in [6.45, 7) is 6.59. The average molecular weight is 754 g/mol. The molecule has 1 saturated heterocycles. The van der Waals surface area contributed by atoms with Crippen LogP contribution >= 0.6 is 11.6 Å². The zero-order valence-electron chi connectivity index (χ0n) is 30.9. The molecule has 2 aromatic carbocycles. The maximum atomic E-state index is 15.5. The Labute approximate surface area is 312 Å². The van der Waals surface area contributed by atoms with Gasteiger partial charge in [0.05, 0.1) is 47.4 Å². The fourth-order valence-electron chi connectivity index (χ4n) is 6.35. The molecule has 0 bridgehead atoms. The van der Waals surface area contributed by atoms with Crippen LogP contribution in [0.1, 0.15) is 46.4 Å². The van der Waals surface area contributed by atoms with E-state index in [0.29, 0.717) is 75.7 Å². The Morgan fingerprint density at radius 3 is 2.32 bits per heavy atom. The highest BCUT2D eigenvalue weighted by molar-refractivity contribution is 6.34. The van der Waals surface area contributed by atoms with Crippen molar-refractivity contribution in [3.63, 3.8) is 0 Å². The molecule has 1 unspecified atom stereocenters. The molecule has 0 radical (unpaired) electrons. The number of anilines is 1. The lowest BCUT2D eigenvalue weighted by atomic mass is 9.91. The highest BCUT2D eigenvalue weighted by Gasteiger charge is 2.37. The van der Waals surface area contributed by atoms with Gasteiger partial charge in [-0.1, -0.05) is 24.6 Å². The number of ether oxygens (including phenoxy) is 1. The highest BCUT2D eigenvalue weighted by atomic mass is 35.5. The van der Waals surface area contributed by atoms with Crippen molar-refractivity contribution in [2.45, 2.75) is 38.8 Å². The smallest absolute Gasteiger partial charge is 0.291 e. The summed E-state index contributed by atoms with van der Waals surface area (Å²) in [5, 5.41) is 7.10. The van der Waals surface area contributed by atoms with Gasteiger partial charge in [0.15, 0.2) is 17.5 Å². The number of halogens is 3. The minimum absolute atomic E-state index is 0.0597. The molecular weight excluding hydrogens is 708 g/mol. The second-order valence-corrected chi connectivity index (χ2v) is 13.9. The van der Waals surface area contributed by atoms with Crippen molar-refractivity contribution in [1.82, 2.24) is 34.0 Å². The van der Waals surface area contributed by atoms with Crippen LogP contribution in [0.3, 0.4) is 0 Å². The Hall–Kier alpha value is -4.70. The SMILES string of the molecule is CCC(N)(CCN(C)C)C(=O)N1CCN(C(=O)c2ccc(NC(=O)c3ncc(-c4ccc(-c5cnn(CCOC)c5C)c(F)c4F)n3C)cc2Cl)CC1. The molecule has 1 atom stereocenters. The number of aromatic nitrogens is 4. The molecule has 3 N–H and O–H groups in total. The molecule has 4 aromatic rings. The molecule has 0 spiro atoms. The topological polar surface area (TPSA) is 144 Å². The first-order valence-electron chi connectivity index (χ1n) is 17.4. The first kappa shape index (κ1) is 39.5. The van der Waals surface area contributed by atoms with Gasteiger partial charge in [0.25, 0.3) is 11.8 Å². The van der Waals surface area contributed by atoms with Gasteiger partial charge in [0.1, 0.15) is 0 Å². The summed E-state index contributed by atoms with van der Waals surface area (Å²) in [6.07, 6.45) is 3.82. The summed E-state index contributed by atoms with van der Waals surface area (Å²) in [6, 6.07) is 7.43. The third-order valence-corrected chi connectivity index (χ3v) is 10.1. The van der Waals surface area contributed by atoms with Crippen LogP contribution in [0, 0.1) is 18.6 Å². The molecule has 53 heavy (non-hydrogen) atoms. The molecule has 5 rings (SSSR count). The molecule has 0 saturated carbocycles. The first-order valence-corrected chi connectivity index (χ1v) is 17.7. The van der Waals surface area contributed by atoms with Crippen molar-refractivity contribution >= 4 is 35.0 Å². The minimum atomic E-state index is -1.09. The number of methoxy groups -OCH3 is 1. The number of benzene rings is 2. The molecule has 3 heterocycles. The van der Waals surface area contributed by atoms with Crippen LogP contribution in [-0.2, 0) is 23.1 Å². The predicted molar refractivity (Wildman–Crippen MR) is 199 cm³/mol. The fourth-order valence-corrected chi connectivity index (χ4v) is 6.61. The minimum Gasteiger partial charge on any atom is -0.383 e. The van der Waals surface area contributed by atoms with Gasteiger partial charge in [-0.05, 0) is 64.7 Å². The Bertz CT molecular complexity index is 1990. The highest BCUT2D eigenvalue weighted by Crippen LogP contribution is 2.33. The number of nitrogens with two attached hydrogens (primary N) is 1. The van der Waals surface area contributed by atoms with Gasteiger partial charge in [-0.15, -0.1) is 0 Å². The monoisotopic (exact) mass is 753 g/mol. The van der Waals surface area contributed by atoms with Crippen LogP contribution in [0.4, 0.5) is 14.5 Å². The molecular formula is C37H46ClF2N9O4. The van der Waals surface area contributed by atoms with E-state index in [0.717, 1.165) is 0 Å². The normalized spacial score (nSPS) is 14.5. The van der Waals surface area contributed by atoms with Crippen molar-refractivity contribution in [3.8, 4) is 22.4 Å². The van der Waals surface area contributed by atoms with Crippen LogP contribution in [0.2, 0.25) is 5.02 Å². The number of hydrogen-bond acceptors (Lipinski definition) is 8. The van der Waals surface area contributed by atoms with Gasteiger partial charge in [-0.3, -0.25) is 19.1 Å². The van der Waals surface area contributed by atoms with Gasteiger partial charge < -0.3 is 35.1 Å². The van der Waals surface area contributed by atoms with Crippen molar-refractivity contribution in [1.29, 1.82) is 0 Å². The number of imidazole rings is 1. The quantitative estimate of drug-likeness (QED) is 0.204. The van der Waals surface area contributed by atoms with Crippen molar-refractivity contribution in [3.05, 3.63) is 76.5 Å². The van der Waals surface area contributed by atoms with E-state index in [-0.39, 0.29) is 45.0 Å². The second-order valence-electron chi connectivity index (χ2n) is 13.5. The van der Waals surface area contributed by atoms with Crippen molar-refractivity contribution < 1.29 is 27.9 Å². The van der Waals surface area contributed by atoms with Gasteiger partial charge in [-0.25, -0.2) is 13.8 Å². The van der Waals surface area contributed by atoms with E-state index in [1.54, 1.807) is 34.6 Å². The molecule has 2 aromatic heterocycles. The van der Waals surface area contributed by atoms with Crippen molar-refractivity contribution in [2.24, 2.45) is 12.8 Å². The van der Waals surface area contributed by atoms with E-state index >= 15 is 8.78 Å². The maximum absolute atomic E-state index is 15.5. The Morgan fingerprint density at radius 2 is 1.68 bits per heavy atom. The number of nitrogens with zero attached hydrogens (tertiary/aromatic N) is 7. The van der Waals surface area contributed by atoms with E-state index in [4.69, 9.17) is 22.1 Å². The van der Waals surface area contributed by atoms with E-state index < -0.39 is 23.1 Å². The number of carbonyl (C=O) groups excluding carboxylic acids is 3. The number of nitrogens with one attached hydrogen (secondary N) is 1. The fraction of sp³-hybridized carbons (Fsp3) is 0.432. The summed E-state index contributed by atoms with van der Waals surface area (Å²) in [5.74, 6) is -3.24. The zero-order chi connectivity index (χ0) is 38.6. The number of amides is 3. The largest absolute Gasteiger partial charge is 0.383 e. The summed E-state index contributed by atoms with van der Waals surface area (Å²) in [4.78, 5) is 49.5. The molecule has 1 aliphatic rings. The molecule has 0 aliphatic carbocycles. The molecule has 1 aliphatic heterocycles. The lowest BCUT2D eigenvalue weighted by molar-refractivity contribution is -0.139. The number of carbonyl (C=O) groups is 3. The summed E-state index contributed by atoms with van der Waals surface area (Å²) in [5.41, 5.74) is 7.39. The summed E-state index contributed by atoms with van der Waals surface area (Å²) < 4.78 is 39.1. The van der Waals surface area contributed by atoms with Crippen LogP contribution in [0.15, 0.2) is 42.7 Å². The maximum Gasteiger partial charge on any atom is 0.291 e. The third-order valence-electron chi connectivity index (χ3n) is 9.82. The van der Waals surface area contributed by atoms with E-state index in [2.05, 4.69) is 15.4 Å².